The van der Waals surface area contributed by atoms with Gasteiger partial charge in [-0.1, -0.05) is 61.6 Å². The summed E-state index contributed by atoms with van der Waals surface area (Å²) in [6.45, 7) is 2.06. The molecule has 0 spiro atoms. The zero-order valence-electron chi connectivity index (χ0n) is 18.1. The molecule has 2 unspecified atom stereocenters. The Balaban J connectivity index is 1.50. The molecule has 2 saturated heterocycles. The molecule has 164 valence electrons. The zero-order chi connectivity index (χ0) is 21.5. The number of allylic oxidation sites excluding steroid dienone is 2. The number of hydrogen-bond acceptors (Lipinski definition) is 4. The van der Waals surface area contributed by atoms with E-state index in [-0.39, 0.29) is 17.9 Å². The number of rotatable bonds is 10. The molecular formula is C25H35NO4. The van der Waals surface area contributed by atoms with Crippen molar-refractivity contribution in [2.45, 2.75) is 69.7 Å². The Labute approximate surface area is 180 Å². The van der Waals surface area contributed by atoms with Crippen molar-refractivity contribution < 1.29 is 19.8 Å². The predicted molar refractivity (Wildman–Crippen MR) is 117 cm³/mol. The number of unbranched alkanes of at least 4 members (excludes halogenated alkanes) is 1. The first-order valence-corrected chi connectivity index (χ1v) is 11.1. The fourth-order valence-corrected chi connectivity index (χ4v) is 4.65. The molecule has 2 fully saturated rings. The first kappa shape index (κ1) is 22.7. The molecule has 30 heavy (non-hydrogen) atoms. The molecule has 1 amide bonds. The standard InChI is InChI=1S/C25H35NO4/c1-18(19-10-6-5-7-11-19)22(27)15-14-21-20(23-16-17-24(21)30-23)12-8-3-4-9-13-25(28)26(2)29/h3,5-8,10-11,14-15,18,20-24,27,29H,4,9,12-13,16-17H2,1-2H3/b8-3-,15-14+/t18?,20-,21+,22?,23-,24+/m0/s1. The van der Waals surface area contributed by atoms with Gasteiger partial charge in [0.25, 0.3) is 0 Å². The van der Waals surface area contributed by atoms with Gasteiger partial charge in [-0.25, -0.2) is 5.06 Å². The van der Waals surface area contributed by atoms with Crippen molar-refractivity contribution in [3.63, 3.8) is 0 Å². The zero-order valence-corrected chi connectivity index (χ0v) is 18.1. The maximum atomic E-state index is 11.4. The van der Waals surface area contributed by atoms with Gasteiger partial charge in [0.2, 0.25) is 5.91 Å². The van der Waals surface area contributed by atoms with Crippen LogP contribution in [0.25, 0.3) is 0 Å². The highest BCUT2D eigenvalue weighted by atomic mass is 16.5. The van der Waals surface area contributed by atoms with Crippen LogP contribution in [-0.4, -0.2) is 46.6 Å². The van der Waals surface area contributed by atoms with E-state index in [1.807, 2.05) is 24.3 Å². The van der Waals surface area contributed by atoms with E-state index in [4.69, 9.17) is 9.94 Å². The molecule has 0 aliphatic carbocycles. The van der Waals surface area contributed by atoms with Crippen LogP contribution in [0.3, 0.4) is 0 Å². The SMILES string of the molecule is CC(c1ccccc1)C(O)/C=C/[C@@H]1[C@H](C/C=C\CCCC(=O)N(C)O)[C@@H]2CC[C@H]1O2. The van der Waals surface area contributed by atoms with Gasteiger partial charge in [-0.3, -0.25) is 10.0 Å². The molecule has 1 aromatic rings. The summed E-state index contributed by atoms with van der Waals surface area (Å²) >= 11 is 0. The minimum Gasteiger partial charge on any atom is -0.388 e. The summed E-state index contributed by atoms with van der Waals surface area (Å²) in [4.78, 5) is 11.4. The molecular weight excluding hydrogens is 378 g/mol. The fourth-order valence-electron chi connectivity index (χ4n) is 4.65. The van der Waals surface area contributed by atoms with E-state index in [2.05, 4.69) is 37.3 Å². The smallest absolute Gasteiger partial charge is 0.245 e. The number of carbonyl (C=O) groups excluding carboxylic acids is 1. The van der Waals surface area contributed by atoms with Crippen molar-refractivity contribution in [3.8, 4) is 0 Å². The lowest BCUT2D eigenvalue weighted by molar-refractivity contribution is -0.159. The van der Waals surface area contributed by atoms with Crippen molar-refractivity contribution in [3.05, 3.63) is 60.2 Å². The van der Waals surface area contributed by atoms with Gasteiger partial charge in [0, 0.05) is 25.3 Å². The van der Waals surface area contributed by atoms with E-state index in [1.165, 1.54) is 7.05 Å². The molecule has 6 atom stereocenters. The highest BCUT2D eigenvalue weighted by molar-refractivity contribution is 5.74. The third kappa shape index (κ3) is 5.81. The highest BCUT2D eigenvalue weighted by Gasteiger charge is 2.46. The molecule has 2 N–H and O–H groups in total. The topological polar surface area (TPSA) is 70.0 Å². The Morgan fingerprint density at radius 3 is 2.70 bits per heavy atom. The first-order valence-electron chi connectivity index (χ1n) is 11.1. The molecule has 0 radical (unpaired) electrons. The predicted octanol–water partition coefficient (Wildman–Crippen LogP) is 4.47. The second kappa shape index (κ2) is 10.9. The molecule has 2 heterocycles. The Morgan fingerprint density at radius 1 is 1.23 bits per heavy atom. The summed E-state index contributed by atoms with van der Waals surface area (Å²) < 4.78 is 6.17. The van der Waals surface area contributed by atoms with Crippen molar-refractivity contribution in [2.24, 2.45) is 11.8 Å². The van der Waals surface area contributed by atoms with Crippen molar-refractivity contribution in [1.82, 2.24) is 5.06 Å². The van der Waals surface area contributed by atoms with Crippen LogP contribution in [0.5, 0.6) is 0 Å². The fraction of sp³-hybridized carbons (Fsp3) is 0.560. The van der Waals surface area contributed by atoms with Crippen LogP contribution in [0.15, 0.2) is 54.6 Å². The summed E-state index contributed by atoms with van der Waals surface area (Å²) in [6.07, 6.45) is 13.6. The average molecular weight is 414 g/mol. The number of fused-ring (bicyclic) bond motifs is 2. The third-order valence-electron chi connectivity index (χ3n) is 6.55. The highest BCUT2D eigenvalue weighted by Crippen LogP contribution is 2.46. The second-order valence-corrected chi connectivity index (χ2v) is 8.62. The number of nitrogens with zero attached hydrogens (tertiary/aromatic N) is 1. The molecule has 5 nitrogen and oxygen atoms in total. The van der Waals surface area contributed by atoms with Gasteiger partial charge in [-0.2, -0.15) is 0 Å². The Morgan fingerprint density at radius 2 is 1.97 bits per heavy atom. The normalized spacial score (nSPS) is 27.7. The number of hydrogen-bond donors (Lipinski definition) is 2. The van der Waals surface area contributed by atoms with Crippen LogP contribution in [-0.2, 0) is 9.53 Å². The average Bonchev–Trinajstić information content (AvgIpc) is 3.36. The maximum absolute atomic E-state index is 11.4. The van der Waals surface area contributed by atoms with Crippen LogP contribution in [0.2, 0.25) is 0 Å². The van der Waals surface area contributed by atoms with Crippen LogP contribution >= 0.6 is 0 Å². The van der Waals surface area contributed by atoms with Gasteiger partial charge in [0.1, 0.15) is 0 Å². The van der Waals surface area contributed by atoms with E-state index in [0.717, 1.165) is 37.7 Å². The molecule has 2 aliphatic rings. The van der Waals surface area contributed by atoms with Gasteiger partial charge in [0.05, 0.1) is 18.3 Å². The number of benzene rings is 1. The van der Waals surface area contributed by atoms with Crippen LogP contribution in [0.1, 0.15) is 56.9 Å². The molecule has 3 rings (SSSR count). The van der Waals surface area contributed by atoms with Gasteiger partial charge in [0.15, 0.2) is 0 Å². The molecule has 2 bridgehead atoms. The summed E-state index contributed by atoms with van der Waals surface area (Å²) in [6, 6.07) is 10.1. The minimum atomic E-state index is -0.509. The van der Waals surface area contributed by atoms with Crippen LogP contribution in [0, 0.1) is 11.8 Å². The van der Waals surface area contributed by atoms with Gasteiger partial charge in [-0.15, -0.1) is 0 Å². The van der Waals surface area contributed by atoms with E-state index in [1.54, 1.807) is 0 Å². The lowest BCUT2D eigenvalue weighted by Gasteiger charge is -2.25. The van der Waals surface area contributed by atoms with Gasteiger partial charge < -0.3 is 9.84 Å². The second-order valence-electron chi connectivity index (χ2n) is 8.62. The van der Waals surface area contributed by atoms with E-state index in [0.29, 0.717) is 29.4 Å². The Bertz CT molecular complexity index is 730. The van der Waals surface area contributed by atoms with Gasteiger partial charge >= 0.3 is 0 Å². The maximum Gasteiger partial charge on any atom is 0.245 e. The van der Waals surface area contributed by atoms with E-state index >= 15 is 0 Å². The van der Waals surface area contributed by atoms with Gasteiger partial charge in [-0.05, 0) is 43.6 Å². The van der Waals surface area contributed by atoms with E-state index < -0.39 is 6.10 Å². The number of carbonyl (C=O) groups is 1. The monoisotopic (exact) mass is 413 g/mol. The summed E-state index contributed by atoms with van der Waals surface area (Å²) in [5, 5.41) is 20.4. The quantitative estimate of drug-likeness (QED) is 0.257. The lowest BCUT2D eigenvalue weighted by atomic mass is 9.77. The number of amides is 1. The molecule has 1 aromatic carbocycles. The minimum absolute atomic E-state index is 0.0565. The third-order valence-corrected chi connectivity index (χ3v) is 6.55. The summed E-state index contributed by atoms with van der Waals surface area (Å²) in [5.74, 6) is 0.593. The lowest BCUT2D eigenvalue weighted by Crippen LogP contribution is -2.26. The number of aliphatic hydroxyl groups excluding tert-OH is 1. The van der Waals surface area contributed by atoms with E-state index in [9.17, 15) is 9.90 Å². The van der Waals surface area contributed by atoms with Crippen LogP contribution in [0.4, 0.5) is 0 Å². The molecule has 5 heteroatoms. The van der Waals surface area contributed by atoms with Crippen molar-refractivity contribution >= 4 is 5.91 Å². The Hall–Kier alpha value is -1.95. The molecule has 0 aromatic heterocycles. The summed E-state index contributed by atoms with van der Waals surface area (Å²) in [7, 11) is 1.36. The molecule has 2 aliphatic heterocycles. The largest absolute Gasteiger partial charge is 0.388 e. The first-order chi connectivity index (χ1) is 14.5. The Kier molecular flexibility index (Phi) is 8.25. The number of ether oxygens (including phenoxy) is 1. The van der Waals surface area contributed by atoms with Crippen molar-refractivity contribution in [1.29, 1.82) is 0 Å². The van der Waals surface area contributed by atoms with Crippen molar-refractivity contribution in [2.75, 3.05) is 7.05 Å². The number of aliphatic hydroxyl groups is 1. The molecule has 0 saturated carbocycles. The number of hydroxylamine groups is 2. The van der Waals surface area contributed by atoms with Crippen LogP contribution < -0.4 is 0 Å². The summed E-state index contributed by atoms with van der Waals surface area (Å²) in [5.41, 5.74) is 1.14.